The van der Waals surface area contributed by atoms with Gasteiger partial charge in [0.1, 0.15) is 0 Å². The molecule has 1 saturated carbocycles. The molecule has 0 saturated heterocycles. The highest BCUT2D eigenvalue weighted by atomic mass is 32.1. The predicted octanol–water partition coefficient (Wildman–Crippen LogP) is 2.20. The van der Waals surface area contributed by atoms with E-state index >= 15 is 0 Å². The van der Waals surface area contributed by atoms with E-state index in [2.05, 4.69) is 4.98 Å². The summed E-state index contributed by atoms with van der Waals surface area (Å²) in [4.78, 5) is 5.38. The maximum Gasteiger partial charge on any atom is 0.0794 e. The summed E-state index contributed by atoms with van der Waals surface area (Å²) in [5.74, 6) is 0.919. The topological polar surface area (TPSA) is 38.9 Å². The number of thiazole rings is 1. The third-order valence-corrected chi connectivity index (χ3v) is 3.61. The Morgan fingerprint density at radius 3 is 3.00 bits per heavy atom. The van der Waals surface area contributed by atoms with E-state index in [1.807, 2.05) is 11.7 Å². The predicted molar refractivity (Wildman–Crippen MR) is 55.8 cm³/mol. The lowest BCUT2D eigenvalue weighted by Crippen LogP contribution is -2.28. The monoisotopic (exact) mass is 196 g/mol. The van der Waals surface area contributed by atoms with Crippen LogP contribution < -0.4 is 5.73 Å². The molecule has 0 aliphatic heterocycles. The van der Waals surface area contributed by atoms with Crippen LogP contribution in [0.2, 0.25) is 0 Å². The number of aromatic nitrogens is 1. The molecule has 0 bridgehead atoms. The quantitative estimate of drug-likeness (QED) is 0.802. The van der Waals surface area contributed by atoms with Gasteiger partial charge in [0.15, 0.2) is 0 Å². The van der Waals surface area contributed by atoms with Crippen molar-refractivity contribution in [3.8, 4) is 0 Å². The van der Waals surface area contributed by atoms with Gasteiger partial charge in [-0.15, -0.1) is 11.3 Å². The summed E-state index contributed by atoms with van der Waals surface area (Å²) in [5, 5.41) is 0. The Kier molecular flexibility index (Phi) is 2.96. The average Bonchev–Trinajstić information content (AvgIpc) is 2.49. The van der Waals surface area contributed by atoms with Crippen LogP contribution in [0.3, 0.4) is 0 Å². The number of nitrogens with zero attached hydrogens (tertiary/aromatic N) is 1. The van der Waals surface area contributed by atoms with E-state index < -0.39 is 0 Å². The molecule has 1 aromatic heterocycles. The van der Waals surface area contributed by atoms with E-state index in [1.165, 1.54) is 30.6 Å². The highest BCUT2D eigenvalue weighted by Gasteiger charge is 2.20. The zero-order valence-corrected chi connectivity index (χ0v) is 8.59. The Bertz CT molecular complexity index is 241. The molecule has 0 spiro atoms. The number of hydrogen-bond donors (Lipinski definition) is 1. The summed E-state index contributed by atoms with van der Waals surface area (Å²) < 4.78 is 0. The Morgan fingerprint density at radius 2 is 2.46 bits per heavy atom. The van der Waals surface area contributed by atoms with E-state index in [-0.39, 0.29) is 0 Å². The minimum atomic E-state index is 0.353. The third kappa shape index (κ3) is 2.51. The van der Waals surface area contributed by atoms with E-state index in [0.29, 0.717) is 6.04 Å². The van der Waals surface area contributed by atoms with Gasteiger partial charge in [0.25, 0.3) is 0 Å². The molecule has 2 rings (SSSR count). The van der Waals surface area contributed by atoms with Crippen LogP contribution >= 0.6 is 11.3 Å². The molecule has 1 unspecified atom stereocenters. The Morgan fingerprint density at radius 1 is 1.62 bits per heavy atom. The SMILES string of the molecule is NC(Cc1cncs1)CC1CCC1. The third-order valence-electron chi connectivity index (χ3n) is 2.81. The molecular weight excluding hydrogens is 180 g/mol. The molecule has 2 nitrogen and oxygen atoms in total. The highest BCUT2D eigenvalue weighted by Crippen LogP contribution is 2.30. The van der Waals surface area contributed by atoms with Crippen molar-refractivity contribution in [2.24, 2.45) is 11.7 Å². The molecule has 1 atom stereocenters. The second-order valence-electron chi connectivity index (χ2n) is 3.96. The Hall–Kier alpha value is -0.410. The molecule has 1 aromatic rings. The first-order valence-electron chi connectivity index (χ1n) is 4.97. The number of nitrogens with two attached hydrogens (primary N) is 1. The molecular formula is C10H16N2S. The van der Waals surface area contributed by atoms with Gasteiger partial charge in [0.05, 0.1) is 5.51 Å². The van der Waals surface area contributed by atoms with Gasteiger partial charge < -0.3 is 5.73 Å². The van der Waals surface area contributed by atoms with Gasteiger partial charge in [0, 0.05) is 17.1 Å². The van der Waals surface area contributed by atoms with Gasteiger partial charge in [-0.25, -0.2) is 0 Å². The van der Waals surface area contributed by atoms with Crippen LogP contribution in [0.5, 0.6) is 0 Å². The Labute approximate surface area is 83.2 Å². The van der Waals surface area contributed by atoms with Crippen LogP contribution in [-0.2, 0) is 6.42 Å². The first-order valence-corrected chi connectivity index (χ1v) is 5.85. The van der Waals surface area contributed by atoms with Crippen LogP contribution in [0.25, 0.3) is 0 Å². The van der Waals surface area contributed by atoms with Crippen molar-refractivity contribution >= 4 is 11.3 Å². The first-order chi connectivity index (χ1) is 6.34. The summed E-state index contributed by atoms with van der Waals surface area (Å²) in [5.41, 5.74) is 7.93. The molecule has 3 heteroatoms. The second kappa shape index (κ2) is 4.20. The fourth-order valence-corrected chi connectivity index (χ4v) is 2.53. The summed E-state index contributed by atoms with van der Waals surface area (Å²) in [7, 11) is 0. The lowest BCUT2D eigenvalue weighted by atomic mass is 9.80. The van der Waals surface area contributed by atoms with Crippen molar-refractivity contribution in [3.05, 3.63) is 16.6 Å². The van der Waals surface area contributed by atoms with Crippen molar-refractivity contribution in [3.63, 3.8) is 0 Å². The minimum absolute atomic E-state index is 0.353. The van der Waals surface area contributed by atoms with Gasteiger partial charge in [-0.2, -0.15) is 0 Å². The van der Waals surface area contributed by atoms with Crippen LogP contribution in [0.4, 0.5) is 0 Å². The summed E-state index contributed by atoms with van der Waals surface area (Å²) in [6.07, 6.45) is 8.37. The van der Waals surface area contributed by atoms with Crippen molar-refractivity contribution < 1.29 is 0 Å². The van der Waals surface area contributed by atoms with Crippen LogP contribution in [0.1, 0.15) is 30.6 Å². The average molecular weight is 196 g/mol. The largest absolute Gasteiger partial charge is 0.327 e. The standard InChI is InChI=1S/C10H16N2S/c11-9(4-8-2-1-3-8)5-10-6-12-7-13-10/h6-9H,1-5,11H2. The van der Waals surface area contributed by atoms with E-state index in [9.17, 15) is 0 Å². The smallest absolute Gasteiger partial charge is 0.0794 e. The molecule has 1 aliphatic carbocycles. The van der Waals surface area contributed by atoms with Crippen molar-refractivity contribution in [1.29, 1.82) is 0 Å². The van der Waals surface area contributed by atoms with Gasteiger partial charge in [0.2, 0.25) is 0 Å². The molecule has 1 aliphatic rings. The fraction of sp³-hybridized carbons (Fsp3) is 0.700. The molecule has 2 N–H and O–H groups in total. The molecule has 1 fully saturated rings. The highest BCUT2D eigenvalue weighted by molar-refractivity contribution is 7.09. The van der Waals surface area contributed by atoms with Gasteiger partial charge in [-0.05, 0) is 18.8 Å². The summed E-state index contributed by atoms with van der Waals surface area (Å²) >= 11 is 1.71. The molecule has 0 amide bonds. The molecule has 0 aromatic carbocycles. The van der Waals surface area contributed by atoms with Crippen molar-refractivity contribution in [2.45, 2.75) is 38.1 Å². The normalized spacial score (nSPS) is 19.8. The summed E-state index contributed by atoms with van der Waals surface area (Å²) in [6, 6.07) is 0.353. The maximum absolute atomic E-state index is 6.05. The van der Waals surface area contributed by atoms with E-state index in [0.717, 1.165) is 12.3 Å². The minimum Gasteiger partial charge on any atom is -0.327 e. The van der Waals surface area contributed by atoms with Gasteiger partial charge in [-0.1, -0.05) is 19.3 Å². The molecule has 0 radical (unpaired) electrons. The van der Waals surface area contributed by atoms with Crippen molar-refractivity contribution in [1.82, 2.24) is 4.98 Å². The molecule has 72 valence electrons. The maximum atomic E-state index is 6.05. The first kappa shape index (κ1) is 9.16. The summed E-state index contributed by atoms with van der Waals surface area (Å²) in [6.45, 7) is 0. The molecule has 1 heterocycles. The van der Waals surface area contributed by atoms with Crippen molar-refractivity contribution in [2.75, 3.05) is 0 Å². The lowest BCUT2D eigenvalue weighted by Gasteiger charge is -2.27. The fourth-order valence-electron chi connectivity index (χ4n) is 1.84. The van der Waals surface area contributed by atoms with Gasteiger partial charge >= 0.3 is 0 Å². The van der Waals surface area contributed by atoms with Gasteiger partial charge in [-0.3, -0.25) is 4.98 Å². The Balaban J connectivity index is 1.74. The van der Waals surface area contributed by atoms with E-state index in [4.69, 9.17) is 5.73 Å². The van der Waals surface area contributed by atoms with Crippen LogP contribution in [0, 0.1) is 5.92 Å². The number of rotatable bonds is 4. The van der Waals surface area contributed by atoms with E-state index in [1.54, 1.807) is 11.3 Å². The van der Waals surface area contributed by atoms with Crippen LogP contribution in [0.15, 0.2) is 11.7 Å². The van der Waals surface area contributed by atoms with Crippen LogP contribution in [-0.4, -0.2) is 11.0 Å². The lowest BCUT2D eigenvalue weighted by molar-refractivity contribution is 0.276. The number of hydrogen-bond acceptors (Lipinski definition) is 3. The second-order valence-corrected chi connectivity index (χ2v) is 4.94. The molecule has 13 heavy (non-hydrogen) atoms. The zero-order chi connectivity index (χ0) is 9.10. The zero-order valence-electron chi connectivity index (χ0n) is 7.78.